The molecule has 0 bridgehead atoms. The van der Waals surface area contributed by atoms with Gasteiger partial charge in [0.15, 0.2) is 5.82 Å². The fourth-order valence-electron chi connectivity index (χ4n) is 4.92. The number of amides is 1. The van der Waals surface area contributed by atoms with Gasteiger partial charge in [0.1, 0.15) is 5.56 Å². The van der Waals surface area contributed by atoms with Crippen LogP contribution in [0, 0.1) is 5.92 Å². The number of benzodiazepines with no additional fused rings is 1. The van der Waals surface area contributed by atoms with Gasteiger partial charge >= 0.3 is 6.01 Å². The second-order valence-corrected chi connectivity index (χ2v) is 9.97. The van der Waals surface area contributed by atoms with Gasteiger partial charge in [-0.25, -0.2) is 4.99 Å². The van der Waals surface area contributed by atoms with Crippen LogP contribution in [0.25, 0.3) is 11.5 Å². The molecule has 4 aromatic rings. The lowest BCUT2D eigenvalue weighted by Crippen LogP contribution is -2.36. The Kier molecular flexibility index (Phi) is 6.04. The molecule has 2 N–H and O–H groups in total. The predicted octanol–water partition coefficient (Wildman–Crippen LogP) is 3.41. The van der Waals surface area contributed by atoms with Crippen LogP contribution in [-0.4, -0.2) is 64.1 Å². The van der Waals surface area contributed by atoms with Crippen LogP contribution in [0.15, 0.2) is 70.2 Å². The average Bonchev–Trinajstić information content (AvgIpc) is 3.53. The Morgan fingerprint density at radius 3 is 2.59 bits per heavy atom. The first-order chi connectivity index (χ1) is 19.2. The van der Waals surface area contributed by atoms with Crippen LogP contribution in [0.1, 0.15) is 24.0 Å². The maximum Gasteiger partial charge on any atom is 0.317 e. The highest BCUT2D eigenvalue weighted by atomic mass is 16.5. The fourth-order valence-corrected chi connectivity index (χ4v) is 4.92. The highest BCUT2D eigenvalue weighted by Crippen LogP contribution is 2.34. The van der Waals surface area contributed by atoms with Gasteiger partial charge in [0, 0.05) is 37.0 Å². The smallest absolute Gasteiger partial charge is 0.317 e. The molecule has 0 spiro atoms. The number of anilines is 3. The summed E-state index contributed by atoms with van der Waals surface area (Å²) in [7, 11) is 0. The zero-order valence-corrected chi connectivity index (χ0v) is 21.3. The summed E-state index contributed by atoms with van der Waals surface area (Å²) in [5.74, 6) is 1.50. The molecule has 4 heterocycles. The first-order valence-electron chi connectivity index (χ1n) is 13.3. The van der Waals surface area contributed by atoms with E-state index in [2.05, 4.69) is 25.7 Å². The number of rotatable bonds is 7. The number of benzene rings is 2. The van der Waals surface area contributed by atoms with E-state index in [1.54, 1.807) is 0 Å². The van der Waals surface area contributed by atoms with Crippen molar-refractivity contribution in [3.05, 3.63) is 71.9 Å². The Labute approximate surface area is 224 Å². The molecule has 39 heavy (non-hydrogen) atoms. The molecule has 7 rings (SSSR count). The standard InChI is InChI=1S/C28H28N8O3/c37-26-24(30-23(19-6-2-1-3-7-19)20-8-4-5-9-22(20)29-26)31-28-33-32-27(39-28)21-17-36(16-18-10-11-18)34-25(21)35-12-14-38-15-13-35/h1-9,17-18,24H,10-16H2,(H,29,37)(H,31,33)/t24-/m1/s1. The minimum Gasteiger partial charge on any atom is -0.403 e. The molecule has 0 unspecified atom stereocenters. The number of fused-ring (bicyclic) bond motifs is 1. The Morgan fingerprint density at radius 2 is 1.77 bits per heavy atom. The second kappa shape index (κ2) is 9.99. The summed E-state index contributed by atoms with van der Waals surface area (Å²) >= 11 is 0. The Balaban J connectivity index is 1.20. The van der Waals surface area contributed by atoms with Crippen molar-refractivity contribution < 1.29 is 13.9 Å². The number of para-hydroxylation sites is 1. The van der Waals surface area contributed by atoms with Crippen molar-refractivity contribution in [2.45, 2.75) is 25.6 Å². The van der Waals surface area contributed by atoms with Gasteiger partial charge < -0.3 is 24.7 Å². The minimum absolute atomic E-state index is 0.107. The number of nitrogens with zero attached hydrogens (tertiary/aromatic N) is 6. The molecule has 1 saturated carbocycles. The lowest BCUT2D eigenvalue weighted by molar-refractivity contribution is -0.116. The number of carbonyl (C=O) groups is 1. The van der Waals surface area contributed by atoms with Crippen LogP contribution in [0.4, 0.5) is 17.5 Å². The molecule has 0 radical (unpaired) electrons. The molecule has 2 aromatic heterocycles. The molecule has 1 saturated heterocycles. The van der Waals surface area contributed by atoms with Crippen LogP contribution in [0.3, 0.4) is 0 Å². The molecule has 2 fully saturated rings. The van der Waals surface area contributed by atoms with E-state index in [9.17, 15) is 4.79 Å². The van der Waals surface area contributed by atoms with Gasteiger partial charge in [-0.1, -0.05) is 53.6 Å². The van der Waals surface area contributed by atoms with Crippen LogP contribution >= 0.6 is 0 Å². The zero-order chi connectivity index (χ0) is 26.2. The lowest BCUT2D eigenvalue weighted by atomic mass is 10.0. The van der Waals surface area contributed by atoms with Crippen molar-refractivity contribution in [3.63, 3.8) is 0 Å². The highest BCUT2D eigenvalue weighted by molar-refractivity contribution is 6.19. The Morgan fingerprint density at radius 1 is 0.974 bits per heavy atom. The van der Waals surface area contributed by atoms with E-state index in [-0.39, 0.29) is 11.9 Å². The van der Waals surface area contributed by atoms with Gasteiger partial charge in [-0.15, -0.1) is 5.10 Å². The van der Waals surface area contributed by atoms with Crippen molar-refractivity contribution in [3.8, 4) is 11.5 Å². The summed E-state index contributed by atoms with van der Waals surface area (Å²) in [5.41, 5.74) is 3.89. The summed E-state index contributed by atoms with van der Waals surface area (Å²) in [6.45, 7) is 3.65. The number of hydrogen-bond acceptors (Lipinski definition) is 9. The van der Waals surface area contributed by atoms with Gasteiger partial charge in [-0.2, -0.15) is 5.10 Å². The average molecular weight is 525 g/mol. The maximum absolute atomic E-state index is 13.2. The minimum atomic E-state index is -0.975. The molecular formula is C28H28N8O3. The molecular weight excluding hydrogens is 496 g/mol. The van der Waals surface area contributed by atoms with Crippen molar-refractivity contribution in [2.24, 2.45) is 10.9 Å². The first-order valence-corrected chi connectivity index (χ1v) is 13.3. The number of hydrogen-bond donors (Lipinski definition) is 2. The number of ether oxygens (including phenoxy) is 1. The Hall–Kier alpha value is -4.51. The monoisotopic (exact) mass is 524 g/mol. The number of aliphatic imine (C=N–C) groups is 1. The van der Waals surface area contributed by atoms with Gasteiger partial charge in [-0.05, 0) is 24.8 Å². The summed E-state index contributed by atoms with van der Waals surface area (Å²) < 4.78 is 13.6. The fraction of sp³-hybridized carbons (Fsp3) is 0.321. The molecule has 11 nitrogen and oxygen atoms in total. The molecule has 2 aromatic carbocycles. The van der Waals surface area contributed by atoms with E-state index < -0.39 is 6.17 Å². The highest BCUT2D eigenvalue weighted by Gasteiger charge is 2.29. The summed E-state index contributed by atoms with van der Waals surface area (Å²) in [6.07, 6.45) is 3.46. The van der Waals surface area contributed by atoms with E-state index in [1.165, 1.54) is 12.8 Å². The molecule has 11 heteroatoms. The number of carbonyl (C=O) groups excluding carboxylic acids is 1. The van der Waals surface area contributed by atoms with Crippen LogP contribution < -0.4 is 15.5 Å². The lowest BCUT2D eigenvalue weighted by Gasteiger charge is -2.27. The molecule has 1 amide bonds. The molecule has 3 aliphatic rings. The SMILES string of the molecule is O=C1Nc2ccccc2C(c2ccccc2)=N[C@@H]1Nc1nnc(-c2cn(CC3CC3)nc2N2CCOCC2)o1. The summed E-state index contributed by atoms with van der Waals surface area (Å²) in [4.78, 5) is 20.2. The summed E-state index contributed by atoms with van der Waals surface area (Å²) in [5, 5.41) is 19.4. The van der Waals surface area contributed by atoms with E-state index in [0.29, 0.717) is 36.4 Å². The zero-order valence-electron chi connectivity index (χ0n) is 21.3. The largest absolute Gasteiger partial charge is 0.403 e. The number of morpholine rings is 1. The molecule has 1 atom stereocenters. The number of nitrogens with one attached hydrogen (secondary N) is 2. The second-order valence-electron chi connectivity index (χ2n) is 9.97. The normalized spacial score (nSPS) is 19.2. The first kappa shape index (κ1) is 23.6. The van der Waals surface area contributed by atoms with Crippen LogP contribution in [0.2, 0.25) is 0 Å². The van der Waals surface area contributed by atoms with E-state index in [0.717, 1.165) is 42.1 Å². The molecule has 1 aliphatic carbocycles. The van der Waals surface area contributed by atoms with E-state index in [1.807, 2.05) is 65.5 Å². The van der Waals surface area contributed by atoms with Crippen LogP contribution in [-0.2, 0) is 16.1 Å². The maximum atomic E-state index is 13.2. The predicted molar refractivity (Wildman–Crippen MR) is 146 cm³/mol. The molecule has 2 aliphatic heterocycles. The van der Waals surface area contributed by atoms with Crippen molar-refractivity contribution in [1.29, 1.82) is 0 Å². The number of aromatic nitrogens is 4. The van der Waals surface area contributed by atoms with Gasteiger partial charge in [0.2, 0.25) is 6.17 Å². The van der Waals surface area contributed by atoms with Gasteiger partial charge in [-0.3, -0.25) is 9.48 Å². The third kappa shape index (κ3) is 4.88. The topological polar surface area (TPSA) is 123 Å². The third-order valence-electron chi connectivity index (χ3n) is 7.10. The van der Waals surface area contributed by atoms with Crippen LogP contribution in [0.5, 0.6) is 0 Å². The quantitative estimate of drug-likeness (QED) is 0.377. The van der Waals surface area contributed by atoms with Crippen molar-refractivity contribution >= 4 is 29.1 Å². The summed E-state index contributed by atoms with van der Waals surface area (Å²) in [6, 6.07) is 17.5. The van der Waals surface area contributed by atoms with E-state index in [4.69, 9.17) is 19.2 Å². The van der Waals surface area contributed by atoms with Crippen molar-refractivity contribution in [1.82, 2.24) is 20.0 Å². The molecule has 198 valence electrons. The Bertz CT molecular complexity index is 1520. The third-order valence-corrected chi connectivity index (χ3v) is 7.10. The van der Waals surface area contributed by atoms with Gasteiger partial charge in [0.05, 0.1) is 24.6 Å². The van der Waals surface area contributed by atoms with Crippen molar-refractivity contribution in [2.75, 3.05) is 41.8 Å². The van der Waals surface area contributed by atoms with E-state index >= 15 is 0 Å². The van der Waals surface area contributed by atoms with Gasteiger partial charge in [0.25, 0.3) is 11.8 Å².